The number of carboxylic acid groups (broad SMARTS) is 1. The number of nitrogens with one attached hydrogen (secondary N) is 1. The molecule has 0 radical (unpaired) electrons. The average Bonchev–Trinajstić information content (AvgIpc) is 3.14. The van der Waals surface area contributed by atoms with Crippen molar-refractivity contribution in [1.82, 2.24) is 10.2 Å². The van der Waals surface area contributed by atoms with Crippen molar-refractivity contribution >= 4 is 18.0 Å². The first-order chi connectivity index (χ1) is 16.4. The maximum atomic E-state index is 13.0. The van der Waals surface area contributed by atoms with Gasteiger partial charge in [0.1, 0.15) is 6.61 Å². The Kier molecular flexibility index (Phi) is 5.77. The van der Waals surface area contributed by atoms with Crippen LogP contribution in [0.1, 0.15) is 42.7 Å². The van der Waals surface area contributed by atoms with Crippen molar-refractivity contribution < 1.29 is 29.3 Å². The monoisotopic (exact) mass is 464 g/mol. The number of aliphatic hydroxyl groups is 1. The first kappa shape index (κ1) is 22.4. The lowest BCUT2D eigenvalue weighted by molar-refractivity contribution is -0.184. The Morgan fingerprint density at radius 1 is 0.971 bits per heavy atom. The zero-order chi connectivity index (χ0) is 23.9. The zero-order valence-electron chi connectivity index (χ0n) is 18.8. The molecule has 2 aromatic rings. The normalized spacial score (nSPS) is 22.8. The van der Waals surface area contributed by atoms with Gasteiger partial charge in [-0.1, -0.05) is 61.4 Å². The van der Waals surface area contributed by atoms with E-state index in [0.717, 1.165) is 35.1 Å². The molecule has 5 rings (SSSR count). The molecule has 2 unspecified atom stereocenters. The molecular formula is C26H28N2O6. The second kappa shape index (κ2) is 8.76. The predicted octanol–water partition coefficient (Wildman–Crippen LogP) is 2.74. The molecule has 2 aliphatic carbocycles. The number of benzene rings is 2. The van der Waals surface area contributed by atoms with E-state index in [0.29, 0.717) is 12.8 Å². The number of hydrogen-bond acceptors (Lipinski definition) is 5. The molecule has 2 fully saturated rings. The number of likely N-dealkylation sites (tertiary alicyclic amines) is 1. The number of β-amino-alcohol motifs (C(OH)–C–C–N with tert-alkyl or cyclic N) is 1. The summed E-state index contributed by atoms with van der Waals surface area (Å²) in [5.41, 5.74) is 2.69. The molecule has 1 aliphatic heterocycles. The van der Waals surface area contributed by atoms with Crippen molar-refractivity contribution in [1.29, 1.82) is 0 Å². The first-order valence-corrected chi connectivity index (χ1v) is 11.7. The third-order valence-electron chi connectivity index (χ3n) is 7.34. The van der Waals surface area contributed by atoms with Crippen molar-refractivity contribution in [2.45, 2.75) is 43.2 Å². The van der Waals surface area contributed by atoms with Crippen LogP contribution in [0.3, 0.4) is 0 Å². The van der Waals surface area contributed by atoms with Gasteiger partial charge in [0.05, 0.1) is 19.0 Å². The molecule has 8 nitrogen and oxygen atoms in total. The van der Waals surface area contributed by atoms with E-state index in [1.807, 2.05) is 24.3 Å². The van der Waals surface area contributed by atoms with E-state index in [1.165, 1.54) is 4.90 Å². The van der Waals surface area contributed by atoms with Crippen LogP contribution in [-0.2, 0) is 14.3 Å². The van der Waals surface area contributed by atoms with Crippen LogP contribution in [0.2, 0.25) is 0 Å². The standard InChI is InChI=1S/C26H28N2O6/c29-23(28-14-26(33,15-28)24(30)31)20-11-5-6-12-22(20)27-25(32)34-13-21-18-9-3-1-7-16(18)17-8-2-4-10-19(17)21/h1-4,7-10,20-22,33H,5-6,11-15H2,(H,27,32)(H,30,31). The highest BCUT2D eigenvalue weighted by Crippen LogP contribution is 2.44. The summed E-state index contributed by atoms with van der Waals surface area (Å²) in [5.74, 6) is -2.05. The van der Waals surface area contributed by atoms with Crippen molar-refractivity contribution in [2.24, 2.45) is 5.92 Å². The molecule has 3 aliphatic rings. The summed E-state index contributed by atoms with van der Waals surface area (Å²) in [6.45, 7) is -0.256. The molecule has 8 heteroatoms. The lowest BCUT2D eigenvalue weighted by Crippen LogP contribution is -2.69. The van der Waals surface area contributed by atoms with Crippen LogP contribution >= 0.6 is 0 Å². The number of aliphatic carboxylic acids is 1. The highest BCUT2D eigenvalue weighted by Gasteiger charge is 2.52. The number of carbonyl (C=O) groups excluding carboxylic acids is 2. The van der Waals surface area contributed by atoms with Crippen LogP contribution in [-0.4, -0.2) is 64.4 Å². The minimum absolute atomic E-state index is 0.0447. The Bertz CT molecular complexity index is 1080. The van der Waals surface area contributed by atoms with E-state index in [-0.39, 0.29) is 37.6 Å². The van der Waals surface area contributed by atoms with E-state index in [1.54, 1.807) is 0 Å². The van der Waals surface area contributed by atoms with Gasteiger partial charge in [-0.05, 0) is 35.1 Å². The van der Waals surface area contributed by atoms with Gasteiger partial charge in [0.2, 0.25) is 5.91 Å². The predicted molar refractivity (Wildman–Crippen MR) is 123 cm³/mol. The van der Waals surface area contributed by atoms with Gasteiger partial charge in [0.15, 0.2) is 5.60 Å². The van der Waals surface area contributed by atoms with Crippen LogP contribution < -0.4 is 5.32 Å². The van der Waals surface area contributed by atoms with Crippen LogP contribution in [0.4, 0.5) is 4.79 Å². The Hall–Kier alpha value is -3.39. The average molecular weight is 465 g/mol. The van der Waals surface area contributed by atoms with Crippen LogP contribution in [0.15, 0.2) is 48.5 Å². The van der Waals surface area contributed by atoms with Gasteiger partial charge < -0.3 is 25.2 Å². The summed E-state index contributed by atoms with van der Waals surface area (Å²) in [7, 11) is 0. The summed E-state index contributed by atoms with van der Waals surface area (Å²) in [6.07, 6.45) is 2.44. The number of carbonyl (C=O) groups is 3. The Morgan fingerprint density at radius 2 is 1.56 bits per heavy atom. The van der Waals surface area contributed by atoms with E-state index in [4.69, 9.17) is 9.84 Å². The fourth-order valence-electron chi connectivity index (χ4n) is 5.50. The quantitative estimate of drug-likeness (QED) is 0.627. The van der Waals surface area contributed by atoms with Gasteiger partial charge in [-0.25, -0.2) is 9.59 Å². The van der Waals surface area contributed by atoms with Crippen molar-refractivity contribution in [2.75, 3.05) is 19.7 Å². The van der Waals surface area contributed by atoms with Gasteiger partial charge in [-0.15, -0.1) is 0 Å². The molecule has 2 atom stereocenters. The zero-order valence-corrected chi connectivity index (χ0v) is 18.8. The number of carboxylic acids is 1. The maximum absolute atomic E-state index is 13.0. The fourth-order valence-corrected chi connectivity index (χ4v) is 5.50. The number of hydrogen-bond donors (Lipinski definition) is 3. The molecule has 34 heavy (non-hydrogen) atoms. The van der Waals surface area contributed by atoms with E-state index in [9.17, 15) is 19.5 Å². The molecule has 0 aromatic heterocycles. The van der Waals surface area contributed by atoms with E-state index in [2.05, 4.69) is 29.6 Å². The molecule has 1 saturated carbocycles. The molecule has 0 bridgehead atoms. The summed E-state index contributed by atoms with van der Waals surface area (Å²) >= 11 is 0. The van der Waals surface area contributed by atoms with Crippen LogP contribution in [0.25, 0.3) is 11.1 Å². The Balaban J connectivity index is 1.21. The molecule has 0 spiro atoms. The SMILES string of the molecule is O=C(NC1CCCCC1C(=O)N1CC(O)(C(=O)O)C1)OCC1c2ccccc2-c2ccccc21. The Labute approximate surface area is 197 Å². The van der Waals surface area contributed by atoms with Gasteiger partial charge in [-0.3, -0.25) is 4.79 Å². The lowest BCUT2D eigenvalue weighted by Gasteiger charge is -2.46. The topological polar surface area (TPSA) is 116 Å². The van der Waals surface area contributed by atoms with Gasteiger partial charge in [0, 0.05) is 12.0 Å². The largest absolute Gasteiger partial charge is 0.479 e. The molecule has 1 saturated heterocycles. The summed E-state index contributed by atoms with van der Waals surface area (Å²) < 4.78 is 5.64. The molecule has 178 valence electrons. The number of fused-ring (bicyclic) bond motifs is 3. The minimum Gasteiger partial charge on any atom is -0.479 e. The fraction of sp³-hybridized carbons (Fsp3) is 0.423. The summed E-state index contributed by atoms with van der Waals surface area (Å²) in [5, 5.41) is 21.9. The summed E-state index contributed by atoms with van der Waals surface area (Å²) in [4.78, 5) is 38.2. The van der Waals surface area contributed by atoms with Crippen molar-refractivity contribution in [3.8, 4) is 11.1 Å². The third-order valence-corrected chi connectivity index (χ3v) is 7.34. The first-order valence-electron chi connectivity index (χ1n) is 11.7. The van der Waals surface area contributed by atoms with Crippen LogP contribution in [0, 0.1) is 5.92 Å². The van der Waals surface area contributed by atoms with Gasteiger partial charge in [-0.2, -0.15) is 0 Å². The minimum atomic E-state index is -1.87. The molecule has 1 heterocycles. The van der Waals surface area contributed by atoms with Crippen LogP contribution in [0.5, 0.6) is 0 Å². The second-order valence-corrected chi connectivity index (χ2v) is 9.50. The number of ether oxygens (including phenoxy) is 1. The van der Waals surface area contributed by atoms with E-state index >= 15 is 0 Å². The third kappa shape index (κ3) is 3.92. The van der Waals surface area contributed by atoms with Crippen molar-refractivity contribution in [3.05, 3.63) is 59.7 Å². The number of nitrogens with zero attached hydrogens (tertiary/aromatic N) is 1. The van der Waals surface area contributed by atoms with E-state index < -0.39 is 23.6 Å². The second-order valence-electron chi connectivity index (χ2n) is 9.50. The van der Waals surface area contributed by atoms with Gasteiger partial charge in [0.25, 0.3) is 0 Å². The number of alkyl carbamates (subject to hydrolysis) is 1. The highest BCUT2D eigenvalue weighted by molar-refractivity contribution is 5.87. The smallest absolute Gasteiger partial charge is 0.407 e. The number of rotatable bonds is 5. The summed E-state index contributed by atoms with van der Waals surface area (Å²) in [6, 6.07) is 15.9. The van der Waals surface area contributed by atoms with Crippen molar-refractivity contribution in [3.63, 3.8) is 0 Å². The highest BCUT2D eigenvalue weighted by atomic mass is 16.5. The maximum Gasteiger partial charge on any atom is 0.407 e. The number of amides is 2. The molecular weight excluding hydrogens is 436 g/mol. The lowest BCUT2D eigenvalue weighted by atomic mass is 9.82. The Morgan fingerprint density at radius 3 is 2.18 bits per heavy atom. The molecule has 2 aromatic carbocycles. The molecule has 2 amide bonds. The molecule has 3 N–H and O–H groups in total. The van der Waals surface area contributed by atoms with Gasteiger partial charge >= 0.3 is 12.1 Å².